The van der Waals surface area contributed by atoms with E-state index in [-0.39, 0.29) is 23.4 Å². The van der Waals surface area contributed by atoms with Gasteiger partial charge in [-0.3, -0.25) is 19.5 Å². The Morgan fingerprint density at radius 3 is 2.79 bits per heavy atom. The summed E-state index contributed by atoms with van der Waals surface area (Å²) >= 11 is 0. The molecule has 0 bridgehead atoms. The number of hydrogen-bond donors (Lipinski definition) is 2. The number of aromatic amines is 1. The minimum atomic E-state index is -0.386. The Kier molecular flexibility index (Phi) is 2.51. The number of hydrogen-bond acceptors (Lipinski definition) is 3. The Morgan fingerprint density at radius 1 is 1.26 bits per heavy atom. The molecule has 1 aliphatic heterocycles. The predicted molar refractivity (Wildman–Crippen MR) is 68.7 cm³/mol. The summed E-state index contributed by atoms with van der Waals surface area (Å²) in [5, 5.41) is 2.34. The molecule has 0 spiro atoms. The van der Waals surface area contributed by atoms with E-state index in [1.807, 2.05) is 6.07 Å². The van der Waals surface area contributed by atoms with Gasteiger partial charge in [0.05, 0.1) is 17.0 Å². The second kappa shape index (κ2) is 4.08. The molecule has 3 rings (SSSR count). The molecule has 1 saturated heterocycles. The van der Waals surface area contributed by atoms with Crippen LogP contribution in [0.1, 0.15) is 24.3 Å². The summed E-state index contributed by atoms with van der Waals surface area (Å²) < 4.78 is 1.49. The van der Waals surface area contributed by atoms with Crippen LogP contribution in [0.5, 0.6) is 0 Å². The number of carbonyl (C=O) groups is 2. The van der Waals surface area contributed by atoms with Gasteiger partial charge in [-0.05, 0) is 18.1 Å². The maximum atomic E-state index is 11.9. The first-order chi connectivity index (χ1) is 9.08. The molecular formula is C13H13N3O3. The van der Waals surface area contributed by atoms with Crippen LogP contribution >= 0.6 is 0 Å². The number of benzene rings is 1. The van der Waals surface area contributed by atoms with E-state index in [0.717, 1.165) is 11.1 Å². The summed E-state index contributed by atoms with van der Waals surface area (Å²) in [5.41, 5.74) is 2.00. The van der Waals surface area contributed by atoms with Gasteiger partial charge in [0.15, 0.2) is 0 Å². The second-order valence-electron chi connectivity index (χ2n) is 4.74. The Balaban J connectivity index is 2.17. The normalized spacial score (nSPS) is 19.7. The van der Waals surface area contributed by atoms with Gasteiger partial charge in [0, 0.05) is 13.5 Å². The molecule has 0 radical (unpaired) electrons. The first-order valence-electron chi connectivity index (χ1n) is 6.09. The molecule has 1 aromatic carbocycles. The number of nitrogens with one attached hydrogen (secondary N) is 2. The molecule has 19 heavy (non-hydrogen) atoms. The van der Waals surface area contributed by atoms with Crippen molar-refractivity contribution in [3.63, 3.8) is 0 Å². The Labute approximate surface area is 108 Å². The van der Waals surface area contributed by atoms with Crippen LogP contribution in [0.3, 0.4) is 0 Å². The van der Waals surface area contributed by atoms with Gasteiger partial charge in [-0.15, -0.1) is 0 Å². The molecule has 1 atom stereocenters. The number of para-hydroxylation sites is 1. The number of H-pyrrole nitrogens is 1. The number of rotatable bonds is 1. The highest BCUT2D eigenvalue weighted by atomic mass is 16.2. The van der Waals surface area contributed by atoms with Gasteiger partial charge in [0.1, 0.15) is 0 Å². The van der Waals surface area contributed by atoms with Crippen LogP contribution in [0.4, 0.5) is 0 Å². The van der Waals surface area contributed by atoms with Gasteiger partial charge in [0.25, 0.3) is 0 Å². The standard InChI is InChI=1S/C13H13N3O3/c1-16-11-7(3-2-4-9(11)14-13(16)19)8-5-6-10(17)15-12(8)18/h2-4,8H,5-6H2,1H3,(H,14,19)(H,15,17,18). The van der Waals surface area contributed by atoms with Crippen molar-refractivity contribution in [2.24, 2.45) is 7.05 Å². The monoisotopic (exact) mass is 259 g/mol. The van der Waals surface area contributed by atoms with Gasteiger partial charge in [-0.1, -0.05) is 12.1 Å². The number of aryl methyl sites for hydroxylation is 1. The van der Waals surface area contributed by atoms with E-state index in [2.05, 4.69) is 10.3 Å². The van der Waals surface area contributed by atoms with Crippen LogP contribution in [-0.2, 0) is 16.6 Å². The molecule has 6 heteroatoms. The minimum absolute atomic E-state index is 0.213. The lowest BCUT2D eigenvalue weighted by atomic mass is 9.89. The van der Waals surface area contributed by atoms with Crippen molar-refractivity contribution < 1.29 is 9.59 Å². The fourth-order valence-corrected chi connectivity index (χ4v) is 2.61. The molecule has 6 nitrogen and oxygen atoms in total. The SMILES string of the molecule is Cn1c(=O)[nH]c2cccc(C3CCC(=O)NC3=O)c21. The molecule has 1 unspecified atom stereocenters. The van der Waals surface area contributed by atoms with Crippen molar-refractivity contribution >= 4 is 22.8 Å². The van der Waals surface area contributed by atoms with E-state index in [0.29, 0.717) is 18.4 Å². The van der Waals surface area contributed by atoms with Gasteiger partial charge >= 0.3 is 5.69 Å². The molecule has 2 heterocycles. The maximum Gasteiger partial charge on any atom is 0.326 e. The zero-order valence-electron chi connectivity index (χ0n) is 10.4. The lowest BCUT2D eigenvalue weighted by molar-refractivity contribution is -0.134. The summed E-state index contributed by atoms with van der Waals surface area (Å²) in [5.74, 6) is -0.920. The van der Waals surface area contributed by atoms with Gasteiger partial charge < -0.3 is 4.98 Å². The molecule has 2 N–H and O–H groups in total. The van der Waals surface area contributed by atoms with Crippen LogP contribution in [0.2, 0.25) is 0 Å². The summed E-state index contributed by atoms with van der Waals surface area (Å²) in [4.78, 5) is 37.5. The van der Waals surface area contributed by atoms with E-state index >= 15 is 0 Å². The number of nitrogens with zero attached hydrogens (tertiary/aromatic N) is 1. The average Bonchev–Trinajstić information content (AvgIpc) is 2.65. The topological polar surface area (TPSA) is 84.0 Å². The van der Waals surface area contributed by atoms with Crippen LogP contribution < -0.4 is 11.0 Å². The number of carbonyl (C=O) groups excluding carboxylic acids is 2. The molecule has 0 saturated carbocycles. The Morgan fingerprint density at radius 2 is 2.05 bits per heavy atom. The highest BCUT2D eigenvalue weighted by Crippen LogP contribution is 2.29. The van der Waals surface area contributed by atoms with E-state index in [9.17, 15) is 14.4 Å². The highest BCUT2D eigenvalue weighted by Gasteiger charge is 2.29. The largest absolute Gasteiger partial charge is 0.326 e. The molecular weight excluding hydrogens is 246 g/mol. The fraction of sp³-hybridized carbons (Fsp3) is 0.308. The first-order valence-corrected chi connectivity index (χ1v) is 6.09. The highest BCUT2D eigenvalue weighted by molar-refractivity contribution is 6.02. The minimum Gasteiger partial charge on any atom is -0.306 e. The number of imide groups is 1. The second-order valence-corrected chi connectivity index (χ2v) is 4.74. The molecule has 2 amide bonds. The zero-order valence-corrected chi connectivity index (χ0v) is 10.4. The zero-order chi connectivity index (χ0) is 13.6. The molecule has 1 fully saturated rings. The van der Waals surface area contributed by atoms with Gasteiger partial charge in [-0.25, -0.2) is 4.79 Å². The third-order valence-corrected chi connectivity index (χ3v) is 3.56. The van der Waals surface area contributed by atoms with Crippen molar-refractivity contribution in [3.8, 4) is 0 Å². The van der Waals surface area contributed by atoms with Crippen molar-refractivity contribution in [2.75, 3.05) is 0 Å². The van der Waals surface area contributed by atoms with E-state index in [1.54, 1.807) is 19.2 Å². The van der Waals surface area contributed by atoms with Crippen LogP contribution in [-0.4, -0.2) is 21.4 Å². The smallest absolute Gasteiger partial charge is 0.306 e. The number of amides is 2. The van der Waals surface area contributed by atoms with E-state index < -0.39 is 0 Å². The molecule has 0 aliphatic carbocycles. The van der Waals surface area contributed by atoms with Crippen molar-refractivity contribution in [1.29, 1.82) is 0 Å². The summed E-state index contributed by atoms with van der Waals surface area (Å²) in [7, 11) is 1.66. The van der Waals surface area contributed by atoms with Gasteiger partial charge in [0.2, 0.25) is 11.8 Å². The average molecular weight is 259 g/mol. The summed E-state index contributed by atoms with van der Waals surface area (Å²) in [6.07, 6.45) is 0.800. The molecule has 1 aromatic heterocycles. The van der Waals surface area contributed by atoms with Crippen molar-refractivity contribution in [2.45, 2.75) is 18.8 Å². The summed E-state index contributed by atoms with van der Waals surface area (Å²) in [6.45, 7) is 0. The lowest BCUT2D eigenvalue weighted by Crippen LogP contribution is -2.39. The third-order valence-electron chi connectivity index (χ3n) is 3.56. The van der Waals surface area contributed by atoms with Crippen molar-refractivity contribution in [3.05, 3.63) is 34.2 Å². The van der Waals surface area contributed by atoms with Crippen LogP contribution in [0, 0.1) is 0 Å². The van der Waals surface area contributed by atoms with Crippen LogP contribution in [0.25, 0.3) is 11.0 Å². The van der Waals surface area contributed by atoms with Crippen LogP contribution in [0.15, 0.2) is 23.0 Å². The first kappa shape index (κ1) is 11.7. The number of aromatic nitrogens is 2. The van der Waals surface area contributed by atoms with Crippen molar-refractivity contribution in [1.82, 2.24) is 14.9 Å². The fourth-order valence-electron chi connectivity index (χ4n) is 2.61. The third kappa shape index (κ3) is 1.76. The predicted octanol–water partition coefficient (Wildman–Crippen LogP) is 0.387. The number of fused-ring (bicyclic) bond motifs is 1. The molecule has 1 aliphatic rings. The van der Waals surface area contributed by atoms with Gasteiger partial charge in [-0.2, -0.15) is 0 Å². The summed E-state index contributed by atoms with van der Waals surface area (Å²) in [6, 6.07) is 5.43. The number of piperidine rings is 1. The quantitative estimate of drug-likeness (QED) is 0.726. The lowest BCUT2D eigenvalue weighted by Gasteiger charge is -2.21. The Bertz CT molecular complexity index is 741. The molecule has 2 aromatic rings. The van der Waals surface area contributed by atoms with E-state index in [1.165, 1.54) is 4.57 Å². The number of imidazole rings is 1. The maximum absolute atomic E-state index is 11.9. The van der Waals surface area contributed by atoms with E-state index in [4.69, 9.17) is 0 Å². The molecule has 98 valence electrons. The Hall–Kier alpha value is -2.37.